The molecule has 1 aromatic heterocycles. The van der Waals surface area contributed by atoms with E-state index >= 15 is 0 Å². The van der Waals surface area contributed by atoms with E-state index in [2.05, 4.69) is 24.0 Å². The topological polar surface area (TPSA) is 36.1 Å². The minimum atomic E-state index is -0.0734. The Bertz CT molecular complexity index is 818. The number of aromatic nitrogens is 1. The highest BCUT2D eigenvalue weighted by Crippen LogP contribution is 2.23. The second kappa shape index (κ2) is 5.44. The van der Waals surface area contributed by atoms with E-state index < -0.39 is 0 Å². The van der Waals surface area contributed by atoms with Crippen molar-refractivity contribution in [3.05, 3.63) is 70.5 Å². The van der Waals surface area contributed by atoms with E-state index in [1.54, 1.807) is 0 Å². The van der Waals surface area contributed by atoms with Gasteiger partial charge >= 0.3 is 0 Å². The van der Waals surface area contributed by atoms with Crippen LogP contribution in [0.4, 0.5) is 11.4 Å². The molecule has 0 aliphatic heterocycles. The summed E-state index contributed by atoms with van der Waals surface area (Å²) in [5.74, 6) is 0. The first kappa shape index (κ1) is 13.4. The number of anilines is 2. The quantitative estimate of drug-likeness (QED) is 0.789. The van der Waals surface area contributed by atoms with Gasteiger partial charge in [0.25, 0.3) is 5.56 Å². The maximum Gasteiger partial charge on any atom is 0.272 e. The minimum Gasteiger partial charge on any atom is -0.340 e. The first-order valence-corrected chi connectivity index (χ1v) is 7.14. The number of aromatic amines is 1. The Morgan fingerprint density at radius 3 is 2.48 bits per heavy atom. The summed E-state index contributed by atoms with van der Waals surface area (Å²) >= 11 is 0. The van der Waals surface area contributed by atoms with Crippen molar-refractivity contribution in [3.8, 4) is 0 Å². The molecule has 21 heavy (non-hydrogen) atoms. The summed E-state index contributed by atoms with van der Waals surface area (Å²) in [6.07, 6.45) is 1.01. The Hall–Kier alpha value is -2.55. The van der Waals surface area contributed by atoms with Gasteiger partial charge in [0.2, 0.25) is 0 Å². The Morgan fingerprint density at radius 1 is 1.05 bits per heavy atom. The zero-order valence-corrected chi connectivity index (χ0v) is 12.3. The van der Waals surface area contributed by atoms with Crippen molar-refractivity contribution in [1.29, 1.82) is 0 Å². The van der Waals surface area contributed by atoms with Gasteiger partial charge in [0.05, 0.1) is 0 Å². The van der Waals surface area contributed by atoms with Crippen LogP contribution in [-0.2, 0) is 6.42 Å². The molecule has 106 valence electrons. The third-order valence-corrected chi connectivity index (χ3v) is 3.83. The molecule has 3 aromatic rings. The Labute approximate surface area is 123 Å². The van der Waals surface area contributed by atoms with Gasteiger partial charge in [0.15, 0.2) is 0 Å². The van der Waals surface area contributed by atoms with Crippen LogP contribution in [0.25, 0.3) is 10.9 Å². The van der Waals surface area contributed by atoms with Gasteiger partial charge in [-0.05, 0) is 36.2 Å². The van der Waals surface area contributed by atoms with Crippen molar-refractivity contribution in [1.82, 2.24) is 4.98 Å². The molecule has 3 heteroatoms. The van der Waals surface area contributed by atoms with Crippen molar-refractivity contribution < 1.29 is 0 Å². The van der Waals surface area contributed by atoms with Gasteiger partial charge in [-0.25, -0.2) is 0 Å². The van der Waals surface area contributed by atoms with Crippen LogP contribution in [-0.4, -0.2) is 12.0 Å². The van der Waals surface area contributed by atoms with Crippen LogP contribution in [0.2, 0.25) is 0 Å². The van der Waals surface area contributed by atoms with Crippen molar-refractivity contribution in [2.24, 2.45) is 0 Å². The fourth-order valence-corrected chi connectivity index (χ4v) is 2.48. The van der Waals surface area contributed by atoms with Crippen LogP contribution >= 0.6 is 0 Å². The lowest BCUT2D eigenvalue weighted by molar-refractivity contribution is 1.12. The molecule has 1 heterocycles. The average Bonchev–Trinajstić information content (AvgIpc) is 2.53. The first-order valence-electron chi connectivity index (χ1n) is 7.14. The number of H-pyrrole nitrogens is 1. The van der Waals surface area contributed by atoms with Crippen LogP contribution in [0.3, 0.4) is 0 Å². The molecule has 0 spiro atoms. The molecule has 0 bridgehead atoms. The average molecular weight is 278 g/mol. The van der Waals surface area contributed by atoms with Crippen molar-refractivity contribution in [2.45, 2.75) is 13.3 Å². The van der Waals surface area contributed by atoms with Gasteiger partial charge in [-0.1, -0.05) is 37.3 Å². The molecule has 1 N–H and O–H groups in total. The molecule has 3 rings (SSSR count). The van der Waals surface area contributed by atoms with Gasteiger partial charge in [-0.2, -0.15) is 0 Å². The Balaban J connectivity index is 2.05. The van der Waals surface area contributed by atoms with Crippen molar-refractivity contribution in [2.75, 3.05) is 11.9 Å². The van der Waals surface area contributed by atoms with Crippen LogP contribution in [0.15, 0.2) is 59.4 Å². The van der Waals surface area contributed by atoms with Crippen molar-refractivity contribution >= 4 is 22.3 Å². The van der Waals surface area contributed by atoms with Gasteiger partial charge in [0, 0.05) is 23.6 Å². The summed E-state index contributed by atoms with van der Waals surface area (Å²) in [6.45, 7) is 2.13. The summed E-state index contributed by atoms with van der Waals surface area (Å²) in [4.78, 5) is 17.1. The zero-order valence-electron chi connectivity index (χ0n) is 12.3. The van der Waals surface area contributed by atoms with E-state index in [-0.39, 0.29) is 5.56 Å². The Kier molecular flexibility index (Phi) is 3.48. The monoisotopic (exact) mass is 278 g/mol. The fourth-order valence-electron chi connectivity index (χ4n) is 2.48. The summed E-state index contributed by atoms with van der Waals surface area (Å²) in [7, 11) is 1.92. The van der Waals surface area contributed by atoms with Gasteiger partial charge in [-0.3, -0.25) is 4.79 Å². The Morgan fingerprint density at radius 2 is 1.76 bits per heavy atom. The molecule has 0 unspecified atom stereocenters. The maximum atomic E-state index is 12.3. The third-order valence-electron chi connectivity index (χ3n) is 3.83. The smallest absolute Gasteiger partial charge is 0.272 e. The largest absolute Gasteiger partial charge is 0.340 e. The number of nitrogens with zero attached hydrogens (tertiary/aromatic N) is 1. The van der Waals surface area contributed by atoms with Crippen LogP contribution in [0.1, 0.15) is 12.5 Å². The zero-order chi connectivity index (χ0) is 14.8. The maximum absolute atomic E-state index is 12.3. The lowest BCUT2D eigenvalue weighted by atomic mass is 10.1. The number of nitrogens with one attached hydrogen (secondary N) is 1. The second-order valence-corrected chi connectivity index (χ2v) is 5.15. The molecule has 0 fully saturated rings. The SMILES string of the molecule is CCc1ccc(N(C)c2cc3ccccc3[nH]c2=O)cc1. The minimum absolute atomic E-state index is 0.0734. The number of hydrogen-bond donors (Lipinski definition) is 1. The van der Waals surface area contributed by atoms with E-state index in [1.807, 2.05) is 54.4 Å². The first-order chi connectivity index (χ1) is 10.2. The van der Waals surface area contributed by atoms with Crippen molar-refractivity contribution in [3.63, 3.8) is 0 Å². The molecular weight excluding hydrogens is 260 g/mol. The highest BCUT2D eigenvalue weighted by atomic mass is 16.1. The molecule has 2 aromatic carbocycles. The second-order valence-electron chi connectivity index (χ2n) is 5.15. The predicted molar refractivity (Wildman–Crippen MR) is 88.5 cm³/mol. The number of aryl methyl sites for hydroxylation is 1. The number of para-hydroxylation sites is 1. The molecule has 3 nitrogen and oxygen atoms in total. The van der Waals surface area contributed by atoms with E-state index in [0.717, 1.165) is 23.0 Å². The number of rotatable bonds is 3. The molecule has 0 amide bonds. The normalized spacial score (nSPS) is 10.8. The highest BCUT2D eigenvalue weighted by molar-refractivity contribution is 5.82. The van der Waals surface area contributed by atoms with E-state index in [1.165, 1.54) is 5.56 Å². The summed E-state index contributed by atoms with van der Waals surface area (Å²) in [5, 5.41) is 1.03. The van der Waals surface area contributed by atoms with E-state index in [9.17, 15) is 4.79 Å². The molecule has 0 radical (unpaired) electrons. The standard InChI is InChI=1S/C18H18N2O/c1-3-13-8-10-15(11-9-13)20(2)17-12-14-6-4-5-7-16(14)19-18(17)21/h4-12H,3H2,1-2H3,(H,19,21). The predicted octanol–water partition coefficient (Wildman–Crippen LogP) is 3.86. The van der Waals surface area contributed by atoms with Crippen LogP contribution < -0.4 is 10.5 Å². The number of benzene rings is 2. The lowest BCUT2D eigenvalue weighted by Crippen LogP contribution is -2.20. The summed E-state index contributed by atoms with van der Waals surface area (Å²) in [6, 6.07) is 18.0. The summed E-state index contributed by atoms with van der Waals surface area (Å²) in [5.41, 5.74) is 3.74. The fraction of sp³-hybridized carbons (Fsp3) is 0.167. The van der Waals surface area contributed by atoms with Gasteiger partial charge in [0.1, 0.15) is 5.69 Å². The number of hydrogen-bond acceptors (Lipinski definition) is 2. The van der Waals surface area contributed by atoms with Gasteiger partial charge < -0.3 is 9.88 Å². The highest BCUT2D eigenvalue weighted by Gasteiger charge is 2.09. The van der Waals surface area contributed by atoms with E-state index in [4.69, 9.17) is 0 Å². The van der Waals surface area contributed by atoms with Crippen LogP contribution in [0.5, 0.6) is 0 Å². The van der Waals surface area contributed by atoms with Gasteiger partial charge in [-0.15, -0.1) is 0 Å². The molecule has 0 saturated heterocycles. The summed E-state index contributed by atoms with van der Waals surface area (Å²) < 4.78 is 0. The molecular formula is C18H18N2O. The third kappa shape index (κ3) is 2.55. The number of fused-ring (bicyclic) bond motifs is 1. The molecule has 0 aliphatic rings. The lowest BCUT2D eigenvalue weighted by Gasteiger charge is -2.19. The van der Waals surface area contributed by atoms with Crippen LogP contribution in [0, 0.1) is 0 Å². The van der Waals surface area contributed by atoms with E-state index in [0.29, 0.717) is 5.69 Å². The number of pyridine rings is 1. The molecule has 0 saturated carbocycles. The molecule has 0 aliphatic carbocycles. The molecule has 0 atom stereocenters.